The van der Waals surface area contributed by atoms with E-state index < -0.39 is 8.32 Å². The molecule has 1 aromatic carbocycles. The summed E-state index contributed by atoms with van der Waals surface area (Å²) in [5.41, 5.74) is 2.78. The average molecular weight is 335 g/mol. The molecular formula is C20H34O2Si. The van der Waals surface area contributed by atoms with Crippen LogP contribution in [-0.4, -0.2) is 21.5 Å². The van der Waals surface area contributed by atoms with Gasteiger partial charge in [-0.25, -0.2) is 0 Å². The SMILES string of the molecule is C=C[C@H](OC)[C@H](O[Si](C(C)C)(C(C)C)C(C)C)c1ccccc1. The first kappa shape index (κ1) is 20.1. The Balaban J connectivity index is 3.33. The Hall–Kier alpha value is -0.903. The van der Waals surface area contributed by atoms with Crippen molar-refractivity contribution in [3.05, 3.63) is 48.6 Å². The van der Waals surface area contributed by atoms with E-state index in [1.54, 1.807) is 7.11 Å². The molecule has 0 saturated heterocycles. The van der Waals surface area contributed by atoms with Gasteiger partial charge >= 0.3 is 0 Å². The molecule has 2 nitrogen and oxygen atoms in total. The molecule has 23 heavy (non-hydrogen) atoms. The molecule has 2 atom stereocenters. The van der Waals surface area contributed by atoms with Gasteiger partial charge in [0.15, 0.2) is 0 Å². The molecule has 3 heteroatoms. The van der Waals surface area contributed by atoms with Crippen LogP contribution < -0.4 is 0 Å². The van der Waals surface area contributed by atoms with Gasteiger partial charge in [0, 0.05) is 7.11 Å². The van der Waals surface area contributed by atoms with Gasteiger partial charge in [0.1, 0.15) is 12.2 Å². The van der Waals surface area contributed by atoms with Gasteiger partial charge in [0.25, 0.3) is 0 Å². The fourth-order valence-corrected chi connectivity index (χ4v) is 9.47. The van der Waals surface area contributed by atoms with Crippen LogP contribution in [0.15, 0.2) is 43.0 Å². The van der Waals surface area contributed by atoms with Gasteiger partial charge in [-0.1, -0.05) is 78.0 Å². The third-order valence-corrected chi connectivity index (χ3v) is 11.0. The third kappa shape index (κ3) is 4.34. The molecule has 0 heterocycles. The Morgan fingerprint density at radius 1 is 0.913 bits per heavy atom. The molecule has 0 unspecified atom stereocenters. The van der Waals surface area contributed by atoms with E-state index in [-0.39, 0.29) is 12.2 Å². The van der Waals surface area contributed by atoms with Crippen molar-refractivity contribution in [2.75, 3.05) is 7.11 Å². The lowest BCUT2D eigenvalue weighted by Gasteiger charge is -2.45. The van der Waals surface area contributed by atoms with Crippen LogP contribution >= 0.6 is 0 Å². The van der Waals surface area contributed by atoms with Crippen molar-refractivity contribution < 1.29 is 9.16 Å². The Bertz CT molecular complexity index is 446. The van der Waals surface area contributed by atoms with E-state index in [0.29, 0.717) is 16.6 Å². The number of hydrogen-bond donors (Lipinski definition) is 0. The molecular weight excluding hydrogens is 300 g/mol. The number of methoxy groups -OCH3 is 1. The zero-order valence-corrected chi connectivity index (χ0v) is 16.9. The Morgan fingerprint density at radius 3 is 1.74 bits per heavy atom. The van der Waals surface area contributed by atoms with E-state index in [0.717, 1.165) is 5.56 Å². The first-order valence-electron chi connectivity index (χ1n) is 8.69. The maximum absolute atomic E-state index is 7.00. The highest BCUT2D eigenvalue weighted by atomic mass is 28.4. The fourth-order valence-electron chi connectivity index (χ4n) is 3.94. The molecule has 0 spiro atoms. The second-order valence-corrected chi connectivity index (χ2v) is 12.6. The predicted molar refractivity (Wildman–Crippen MR) is 102 cm³/mol. The fraction of sp³-hybridized carbons (Fsp3) is 0.600. The normalized spacial score (nSPS) is 15.2. The molecule has 0 aliphatic rings. The molecule has 0 aromatic heterocycles. The second kappa shape index (κ2) is 8.81. The molecule has 1 rings (SSSR count). The molecule has 0 aliphatic carbocycles. The lowest BCUT2D eigenvalue weighted by Crippen LogP contribution is -2.50. The summed E-state index contributed by atoms with van der Waals surface area (Å²) in [4.78, 5) is 0. The van der Waals surface area contributed by atoms with E-state index in [2.05, 4.69) is 72.4 Å². The second-order valence-electron chi connectivity index (χ2n) is 7.20. The van der Waals surface area contributed by atoms with Crippen molar-refractivity contribution in [2.45, 2.75) is 70.4 Å². The maximum atomic E-state index is 7.00. The zero-order chi connectivity index (χ0) is 17.6. The van der Waals surface area contributed by atoms with Gasteiger partial charge in [0.2, 0.25) is 8.32 Å². The van der Waals surface area contributed by atoms with Crippen molar-refractivity contribution in [3.63, 3.8) is 0 Å². The predicted octanol–water partition coefficient (Wildman–Crippen LogP) is 6.12. The van der Waals surface area contributed by atoms with Gasteiger partial charge in [-0.15, -0.1) is 6.58 Å². The van der Waals surface area contributed by atoms with Crippen molar-refractivity contribution in [2.24, 2.45) is 0 Å². The van der Waals surface area contributed by atoms with Crippen LogP contribution in [0.4, 0.5) is 0 Å². The van der Waals surface area contributed by atoms with Crippen LogP contribution in [0.1, 0.15) is 53.2 Å². The maximum Gasteiger partial charge on any atom is 0.201 e. The minimum atomic E-state index is -2.00. The highest BCUT2D eigenvalue weighted by molar-refractivity contribution is 6.77. The lowest BCUT2D eigenvalue weighted by atomic mass is 10.0. The number of benzene rings is 1. The summed E-state index contributed by atoms with van der Waals surface area (Å²) < 4.78 is 12.7. The third-order valence-electron chi connectivity index (χ3n) is 4.97. The molecule has 1 aromatic rings. The van der Waals surface area contributed by atoms with Gasteiger partial charge in [0.05, 0.1) is 0 Å². The largest absolute Gasteiger partial charge is 0.406 e. The zero-order valence-electron chi connectivity index (χ0n) is 15.9. The van der Waals surface area contributed by atoms with Crippen LogP contribution in [0.5, 0.6) is 0 Å². The van der Waals surface area contributed by atoms with Crippen molar-refractivity contribution in [1.29, 1.82) is 0 Å². The van der Waals surface area contributed by atoms with Gasteiger partial charge in [-0.05, 0) is 22.2 Å². The van der Waals surface area contributed by atoms with E-state index in [9.17, 15) is 0 Å². The summed E-state index contributed by atoms with van der Waals surface area (Å²) in [5, 5.41) is 0. The van der Waals surface area contributed by atoms with Crippen molar-refractivity contribution >= 4 is 8.32 Å². The molecule has 0 fully saturated rings. The van der Waals surface area contributed by atoms with Gasteiger partial charge in [-0.3, -0.25) is 0 Å². The number of hydrogen-bond acceptors (Lipinski definition) is 2. The first-order valence-corrected chi connectivity index (χ1v) is 10.8. The molecule has 0 radical (unpaired) electrons. The van der Waals surface area contributed by atoms with E-state index in [1.807, 2.05) is 12.1 Å². The van der Waals surface area contributed by atoms with Gasteiger partial charge < -0.3 is 9.16 Å². The van der Waals surface area contributed by atoms with E-state index in [1.165, 1.54) is 0 Å². The Labute approximate surface area is 144 Å². The standard InChI is InChI=1S/C20H34O2Si/c1-9-19(21-8)20(18-13-11-10-12-14-18)22-23(15(2)3,16(4)5)17(6)7/h9-17,19-20H,1H2,2-8H3/t19-,20+/m0/s1. The highest BCUT2D eigenvalue weighted by Crippen LogP contribution is 2.46. The summed E-state index contributed by atoms with van der Waals surface area (Å²) in [6, 6.07) is 10.4. The van der Waals surface area contributed by atoms with Crippen LogP contribution in [0, 0.1) is 0 Å². The minimum absolute atomic E-state index is 0.0995. The molecule has 0 amide bonds. The number of ether oxygens (including phenoxy) is 1. The monoisotopic (exact) mass is 334 g/mol. The number of rotatable bonds is 9. The smallest absolute Gasteiger partial charge is 0.201 e. The van der Waals surface area contributed by atoms with Crippen LogP contribution in [0.3, 0.4) is 0 Å². The topological polar surface area (TPSA) is 18.5 Å². The molecule has 130 valence electrons. The van der Waals surface area contributed by atoms with E-state index in [4.69, 9.17) is 9.16 Å². The van der Waals surface area contributed by atoms with Crippen molar-refractivity contribution in [1.82, 2.24) is 0 Å². The van der Waals surface area contributed by atoms with Crippen LogP contribution in [0.25, 0.3) is 0 Å². The van der Waals surface area contributed by atoms with Crippen LogP contribution in [0.2, 0.25) is 16.6 Å². The van der Waals surface area contributed by atoms with Crippen LogP contribution in [-0.2, 0) is 9.16 Å². The Morgan fingerprint density at radius 2 is 1.39 bits per heavy atom. The summed E-state index contributed by atoms with van der Waals surface area (Å²) in [6.07, 6.45) is 1.62. The van der Waals surface area contributed by atoms with Crippen molar-refractivity contribution in [3.8, 4) is 0 Å². The van der Waals surface area contributed by atoms with E-state index >= 15 is 0 Å². The summed E-state index contributed by atoms with van der Waals surface area (Å²) in [6.45, 7) is 17.8. The average Bonchev–Trinajstić information content (AvgIpc) is 2.51. The highest BCUT2D eigenvalue weighted by Gasteiger charge is 2.47. The quantitative estimate of drug-likeness (QED) is 0.400. The first-order chi connectivity index (χ1) is 10.8. The molecule has 0 saturated carbocycles. The molecule has 0 bridgehead atoms. The Kier molecular flexibility index (Phi) is 7.72. The lowest BCUT2D eigenvalue weighted by molar-refractivity contribution is 0.0210. The molecule has 0 aliphatic heterocycles. The molecule has 0 N–H and O–H groups in total. The summed E-state index contributed by atoms with van der Waals surface area (Å²) in [5.74, 6) is 0. The minimum Gasteiger partial charge on any atom is -0.406 e. The summed E-state index contributed by atoms with van der Waals surface area (Å²) in [7, 11) is -0.265. The van der Waals surface area contributed by atoms with Gasteiger partial charge in [-0.2, -0.15) is 0 Å². The summed E-state index contributed by atoms with van der Waals surface area (Å²) >= 11 is 0.